The van der Waals surface area contributed by atoms with Crippen LogP contribution in [-0.4, -0.2) is 45.9 Å². The minimum atomic E-state index is 0.474. The molecule has 1 aliphatic heterocycles. The third kappa shape index (κ3) is 5.32. The monoisotopic (exact) mass is 473 g/mol. The summed E-state index contributed by atoms with van der Waals surface area (Å²) in [5, 5.41) is 7.59. The molecule has 0 bridgehead atoms. The van der Waals surface area contributed by atoms with Gasteiger partial charge in [-0.15, -0.1) is 0 Å². The first kappa shape index (κ1) is 22.2. The highest BCUT2D eigenvalue weighted by molar-refractivity contribution is 8.00. The first-order valence-corrected chi connectivity index (χ1v) is 12.1. The fourth-order valence-corrected chi connectivity index (χ4v) is 4.45. The van der Waals surface area contributed by atoms with Crippen LogP contribution in [0.15, 0.2) is 71.9 Å². The highest BCUT2D eigenvalue weighted by Gasteiger charge is 2.13. The second kappa shape index (κ2) is 10.1. The van der Waals surface area contributed by atoms with Crippen molar-refractivity contribution in [2.24, 2.45) is 7.05 Å². The Labute approximate surface area is 203 Å². The Hall–Kier alpha value is -3.56. The highest BCUT2D eigenvalue weighted by Crippen LogP contribution is 2.30. The van der Waals surface area contributed by atoms with Gasteiger partial charge in [-0.05, 0) is 48.7 Å². The summed E-state index contributed by atoms with van der Waals surface area (Å²) >= 11 is 1.41. The number of ether oxygens (including phenoxy) is 1. The van der Waals surface area contributed by atoms with E-state index in [0.717, 1.165) is 53.6 Å². The summed E-state index contributed by atoms with van der Waals surface area (Å²) in [6.07, 6.45) is 3.72. The quantitative estimate of drug-likeness (QED) is 0.380. The van der Waals surface area contributed by atoms with Crippen molar-refractivity contribution in [3.05, 3.63) is 72.6 Å². The van der Waals surface area contributed by atoms with Gasteiger partial charge in [-0.25, -0.2) is 4.98 Å². The van der Waals surface area contributed by atoms with Crippen LogP contribution in [-0.2, 0) is 7.05 Å². The number of rotatable bonds is 7. The maximum Gasteiger partial charge on any atom is 0.237 e. The summed E-state index contributed by atoms with van der Waals surface area (Å²) in [4.78, 5) is 12.7. The Morgan fingerprint density at radius 2 is 1.82 bits per heavy atom. The summed E-state index contributed by atoms with van der Waals surface area (Å²) in [7, 11) is 1.89. The smallest absolute Gasteiger partial charge is 0.237 e. The van der Waals surface area contributed by atoms with Gasteiger partial charge in [-0.3, -0.25) is 9.40 Å². The minimum absolute atomic E-state index is 0.474. The zero-order valence-corrected chi connectivity index (χ0v) is 20.0. The van der Waals surface area contributed by atoms with Crippen molar-refractivity contribution in [1.82, 2.24) is 25.1 Å². The molecule has 0 radical (unpaired) electrons. The van der Waals surface area contributed by atoms with Gasteiger partial charge in [0.15, 0.2) is 0 Å². The molecule has 0 unspecified atom stereocenters. The molecular weight excluding hydrogens is 446 g/mol. The summed E-state index contributed by atoms with van der Waals surface area (Å²) in [5.41, 5.74) is 4.18. The molecular formula is C25H27N7OS. The number of hydrogen-bond donors (Lipinski definition) is 2. The number of aryl methyl sites for hydroxylation is 2. The van der Waals surface area contributed by atoms with Gasteiger partial charge in [0.25, 0.3) is 0 Å². The lowest BCUT2D eigenvalue weighted by atomic mass is 10.1. The van der Waals surface area contributed by atoms with Gasteiger partial charge >= 0.3 is 0 Å². The molecule has 0 atom stereocenters. The fraction of sp³-hybridized carbons (Fsp3) is 0.240. The van der Waals surface area contributed by atoms with E-state index in [0.29, 0.717) is 11.8 Å². The molecule has 0 aliphatic carbocycles. The molecule has 4 aromatic rings. The van der Waals surface area contributed by atoms with E-state index in [1.54, 1.807) is 10.9 Å². The number of nitrogens with zero attached hydrogens (tertiary/aromatic N) is 5. The number of aromatic nitrogens is 4. The zero-order chi connectivity index (χ0) is 23.3. The predicted octanol–water partition coefficient (Wildman–Crippen LogP) is 4.51. The van der Waals surface area contributed by atoms with E-state index in [2.05, 4.69) is 56.2 Å². The Morgan fingerprint density at radius 3 is 2.56 bits per heavy atom. The molecule has 2 N–H and O–H groups in total. The summed E-state index contributed by atoms with van der Waals surface area (Å²) < 4.78 is 11.2. The third-order valence-electron chi connectivity index (χ3n) is 5.61. The van der Waals surface area contributed by atoms with Crippen LogP contribution >= 0.6 is 11.9 Å². The normalized spacial score (nSPS) is 13.6. The van der Waals surface area contributed by atoms with Crippen LogP contribution < -0.4 is 19.7 Å². The Bertz CT molecular complexity index is 1250. The van der Waals surface area contributed by atoms with Crippen LogP contribution in [0.3, 0.4) is 0 Å². The average Bonchev–Trinajstić information content (AvgIpc) is 3.29. The molecule has 0 spiro atoms. The molecule has 5 rings (SSSR count). The summed E-state index contributed by atoms with van der Waals surface area (Å²) in [6, 6.07) is 18.2. The van der Waals surface area contributed by atoms with Gasteiger partial charge in [-0.1, -0.05) is 24.3 Å². The summed E-state index contributed by atoms with van der Waals surface area (Å²) in [6.45, 7) is 6.11. The lowest BCUT2D eigenvalue weighted by Gasteiger charge is -2.29. The Kier molecular flexibility index (Phi) is 6.64. The van der Waals surface area contributed by atoms with Gasteiger partial charge in [0.05, 0.1) is 16.8 Å². The molecule has 34 heavy (non-hydrogen) atoms. The van der Waals surface area contributed by atoms with Gasteiger partial charge in [0, 0.05) is 56.7 Å². The second-order valence-electron chi connectivity index (χ2n) is 8.12. The predicted molar refractivity (Wildman–Crippen MR) is 136 cm³/mol. The summed E-state index contributed by atoms with van der Waals surface area (Å²) in [5.74, 6) is 1.69. The van der Waals surface area contributed by atoms with Gasteiger partial charge < -0.3 is 15.0 Å². The van der Waals surface area contributed by atoms with Crippen LogP contribution in [0, 0.1) is 6.92 Å². The van der Waals surface area contributed by atoms with Crippen molar-refractivity contribution in [2.75, 3.05) is 35.8 Å². The van der Waals surface area contributed by atoms with Crippen molar-refractivity contribution < 1.29 is 4.74 Å². The molecule has 174 valence electrons. The van der Waals surface area contributed by atoms with Crippen molar-refractivity contribution in [3.8, 4) is 22.9 Å². The van der Waals surface area contributed by atoms with Gasteiger partial charge in [-0.2, -0.15) is 10.1 Å². The molecule has 1 saturated heterocycles. The van der Waals surface area contributed by atoms with E-state index >= 15 is 0 Å². The van der Waals surface area contributed by atoms with Crippen LogP contribution in [0.2, 0.25) is 0 Å². The molecule has 8 nitrogen and oxygen atoms in total. The van der Waals surface area contributed by atoms with E-state index in [-0.39, 0.29) is 0 Å². The maximum atomic E-state index is 6.17. The van der Waals surface area contributed by atoms with E-state index in [1.807, 2.05) is 43.6 Å². The van der Waals surface area contributed by atoms with Crippen molar-refractivity contribution in [3.63, 3.8) is 0 Å². The van der Waals surface area contributed by atoms with Crippen molar-refractivity contribution in [1.29, 1.82) is 0 Å². The number of hydrogen-bond acceptors (Lipinski definition) is 8. The van der Waals surface area contributed by atoms with Crippen molar-refractivity contribution in [2.45, 2.75) is 11.8 Å². The average molecular weight is 474 g/mol. The van der Waals surface area contributed by atoms with Crippen LogP contribution in [0.4, 0.5) is 11.6 Å². The maximum absolute atomic E-state index is 6.17. The second-order valence-corrected chi connectivity index (χ2v) is 9.00. The molecule has 0 saturated carbocycles. The topological polar surface area (TPSA) is 80.1 Å². The standard InChI is InChI=1S/C25H27N7OS/c1-18-5-3-4-6-22(18)23-15-24(29-25(28-23)30-34-21-16-27-31(2)17-21)33-20-9-7-19(8-10-20)32-13-11-26-12-14-32/h3-10,15-17,26H,11-14H2,1-2H3,(H,28,29,30). The molecule has 9 heteroatoms. The molecule has 2 aromatic heterocycles. The Balaban J connectivity index is 1.39. The Morgan fingerprint density at radius 1 is 1.03 bits per heavy atom. The van der Waals surface area contributed by atoms with Crippen LogP contribution in [0.1, 0.15) is 5.56 Å². The number of piperazine rings is 1. The van der Waals surface area contributed by atoms with Gasteiger partial charge in [0.1, 0.15) is 5.75 Å². The SMILES string of the molecule is Cc1ccccc1-c1cc(Oc2ccc(N3CCNCC3)cc2)nc(NSc2cnn(C)c2)n1. The minimum Gasteiger partial charge on any atom is -0.439 e. The zero-order valence-electron chi connectivity index (χ0n) is 19.2. The molecule has 3 heterocycles. The van der Waals surface area contributed by atoms with Gasteiger partial charge in [0.2, 0.25) is 11.8 Å². The first-order chi connectivity index (χ1) is 16.6. The molecule has 1 fully saturated rings. The van der Waals surface area contributed by atoms with Crippen molar-refractivity contribution >= 4 is 23.6 Å². The van der Waals surface area contributed by atoms with E-state index in [4.69, 9.17) is 9.72 Å². The van der Waals surface area contributed by atoms with E-state index < -0.39 is 0 Å². The number of anilines is 2. The largest absolute Gasteiger partial charge is 0.439 e. The first-order valence-electron chi connectivity index (χ1n) is 11.2. The van der Waals surface area contributed by atoms with Crippen LogP contribution in [0.25, 0.3) is 11.3 Å². The molecule has 2 aromatic carbocycles. The number of benzene rings is 2. The number of nitrogens with one attached hydrogen (secondary N) is 2. The van der Waals surface area contributed by atoms with E-state index in [9.17, 15) is 0 Å². The lowest BCUT2D eigenvalue weighted by molar-refractivity contribution is 0.463. The lowest BCUT2D eigenvalue weighted by Crippen LogP contribution is -2.43. The highest BCUT2D eigenvalue weighted by atomic mass is 32.2. The fourth-order valence-electron chi connectivity index (χ4n) is 3.85. The molecule has 0 amide bonds. The van der Waals surface area contributed by atoms with Crippen LogP contribution in [0.5, 0.6) is 11.6 Å². The van der Waals surface area contributed by atoms with E-state index in [1.165, 1.54) is 17.6 Å². The third-order valence-corrected chi connectivity index (χ3v) is 6.34. The molecule has 1 aliphatic rings.